The summed E-state index contributed by atoms with van der Waals surface area (Å²) < 4.78 is 5.00. The highest BCUT2D eigenvalue weighted by Crippen LogP contribution is 2.27. The molecular weight excluding hydrogens is 198 g/mol. The second-order valence-electron chi connectivity index (χ2n) is 3.75. The molecule has 2 N–H and O–H groups in total. The molecule has 0 saturated heterocycles. The average Bonchev–Trinajstić information content (AvgIpc) is 2.97. The maximum absolute atomic E-state index is 11.2. The second-order valence-corrected chi connectivity index (χ2v) is 3.75. The lowest BCUT2D eigenvalue weighted by atomic mass is 10.3. The molecule has 1 rings (SSSR count). The Morgan fingerprint density at radius 3 is 2.53 bits per heavy atom. The van der Waals surface area contributed by atoms with Crippen molar-refractivity contribution in [3.63, 3.8) is 0 Å². The highest BCUT2D eigenvalue weighted by Gasteiger charge is 2.21. The average molecular weight is 215 g/mol. The van der Waals surface area contributed by atoms with Crippen molar-refractivity contribution in [2.45, 2.75) is 25.7 Å². The van der Waals surface area contributed by atoms with Gasteiger partial charge in [0, 0.05) is 13.0 Å². The predicted octanol–water partition coefficient (Wildman–Crippen LogP) is 0.394. The molecule has 0 aromatic rings. The van der Waals surface area contributed by atoms with E-state index in [4.69, 9.17) is 9.84 Å². The summed E-state index contributed by atoms with van der Waals surface area (Å²) in [7, 11) is 0. The van der Waals surface area contributed by atoms with E-state index in [-0.39, 0.29) is 18.9 Å². The van der Waals surface area contributed by atoms with Gasteiger partial charge in [-0.05, 0) is 18.8 Å². The highest BCUT2D eigenvalue weighted by atomic mass is 16.5. The van der Waals surface area contributed by atoms with E-state index in [0.29, 0.717) is 18.9 Å². The standard InChI is InChI=1S/C10H17NO4/c12-9(11-7-8-1-2-8)3-5-15-6-4-10(13)14/h8H,1-7H2,(H,11,12)(H,13,14). The third kappa shape index (κ3) is 6.90. The van der Waals surface area contributed by atoms with Gasteiger partial charge in [0.05, 0.1) is 19.6 Å². The number of ether oxygens (including phenoxy) is 1. The Labute approximate surface area is 88.8 Å². The number of carbonyl (C=O) groups is 2. The molecule has 0 aromatic carbocycles. The minimum Gasteiger partial charge on any atom is -0.481 e. The van der Waals surface area contributed by atoms with Crippen molar-refractivity contribution in [2.24, 2.45) is 5.92 Å². The van der Waals surface area contributed by atoms with Gasteiger partial charge in [0.2, 0.25) is 5.91 Å². The zero-order valence-electron chi connectivity index (χ0n) is 8.70. The molecule has 1 saturated carbocycles. The Kier molecular flexibility index (Phi) is 5.10. The molecule has 1 aliphatic rings. The molecule has 1 aliphatic carbocycles. The Morgan fingerprint density at radius 2 is 1.93 bits per heavy atom. The first-order valence-electron chi connectivity index (χ1n) is 5.24. The van der Waals surface area contributed by atoms with Crippen LogP contribution in [0.4, 0.5) is 0 Å². The summed E-state index contributed by atoms with van der Waals surface area (Å²) in [5.41, 5.74) is 0. The van der Waals surface area contributed by atoms with Gasteiger partial charge in [0.25, 0.3) is 0 Å². The van der Waals surface area contributed by atoms with Gasteiger partial charge in [-0.2, -0.15) is 0 Å². The van der Waals surface area contributed by atoms with Crippen LogP contribution in [0.5, 0.6) is 0 Å². The van der Waals surface area contributed by atoms with E-state index in [1.54, 1.807) is 0 Å². The van der Waals surface area contributed by atoms with E-state index in [2.05, 4.69) is 5.32 Å². The number of carboxylic acids is 1. The van der Waals surface area contributed by atoms with Crippen LogP contribution in [0.25, 0.3) is 0 Å². The van der Waals surface area contributed by atoms with Crippen molar-refractivity contribution in [1.82, 2.24) is 5.32 Å². The first kappa shape index (κ1) is 12.0. The van der Waals surface area contributed by atoms with Crippen LogP contribution in [0, 0.1) is 5.92 Å². The van der Waals surface area contributed by atoms with Crippen LogP contribution in [0.1, 0.15) is 25.7 Å². The fourth-order valence-electron chi connectivity index (χ4n) is 1.09. The maximum atomic E-state index is 11.2. The van der Waals surface area contributed by atoms with Crippen molar-refractivity contribution in [3.8, 4) is 0 Å². The van der Waals surface area contributed by atoms with Crippen LogP contribution >= 0.6 is 0 Å². The summed E-state index contributed by atoms with van der Waals surface area (Å²) in [5.74, 6) is -0.215. The maximum Gasteiger partial charge on any atom is 0.305 e. The molecule has 1 fully saturated rings. The Balaban J connectivity index is 1.85. The minimum atomic E-state index is -0.881. The Bertz CT molecular complexity index is 225. The van der Waals surface area contributed by atoms with Crippen LogP contribution in [0.2, 0.25) is 0 Å². The third-order valence-corrected chi connectivity index (χ3v) is 2.22. The second kappa shape index (κ2) is 6.40. The van der Waals surface area contributed by atoms with Crippen LogP contribution in [0.3, 0.4) is 0 Å². The molecule has 0 unspecified atom stereocenters. The minimum absolute atomic E-state index is 0.0102. The molecule has 0 aliphatic heterocycles. The number of aliphatic carboxylic acids is 1. The summed E-state index contributed by atoms with van der Waals surface area (Å²) in [6.07, 6.45) is 2.74. The zero-order chi connectivity index (χ0) is 11.1. The number of hydrogen-bond acceptors (Lipinski definition) is 3. The van der Waals surface area contributed by atoms with E-state index in [9.17, 15) is 9.59 Å². The number of carbonyl (C=O) groups excluding carboxylic acids is 1. The SMILES string of the molecule is O=C(O)CCOCCC(=O)NCC1CC1. The van der Waals surface area contributed by atoms with Crippen molar-refractivity contribution >= 4 is 11.9 Å². The zero-order valence-corrected chi connectivity index (χ0v) is 8.70. The van der Waals surface area contributed by atoms with E-state index < -0.39 is 5.97 Å². The number of rotatable bonds is 8. The summed E-state index contributed by atoms with van der Waals surface area (Å²) in [6, 6.07) is 0. The largest absolute Gasteiger partial charge is 0.481 e. The molecule has 0 radical (unpaired) electrons. The summed E-state index contributed by atoms with van der Waals surface area (Å²) in [4.78, 5) is 21.3. The van der Waals surface area contributed by atoms with Gasteiger partial charge in [0.1, 0.15) is 0 Å². The molecule has 0 heterocycles. The topological polar surface area (TPSA) is 75.6 Å². The highest BCUT2D eigenvalue weighted by molar-refractivity contribution is 5.75. The van der Waals surface area contributed by atoms with E-state index in [1.165, 1.54) is 12.8 Å². The molecule has 0 aromatic heterocycles. The van der Waals surface area contributed by atoms with E-state index in [0.717, 1.165) is 6.54 Å². The van der Waals surface area contributed by atoms with Crippen molar-refractivity contribution < 1.29 is 19.4 Å². The number of nitrogens with one attached hydrogen (secondary N) is 1. The molecule has 5 nitrogen and oxygen atoms in total. The fourth-order valence-corrected chi connectivity index (χ4v) is 1.09. The van der Waals surface area contributed by atoms with Gasteiger partial charge in [0.15, 0.2) is 0 Å². The molecular formula is C10H17NO4. The van der Waals surface area contributed by atoms with E-state index >= 15 is 0 Å². The van der Waals surface area contributed by atoms with Crippen molar-refractivity contribution in [2.75, 3.05) is 19.8 Å². The fraction of sp³-hybridized carbons (Fsp3) is 0.800. The Hall–Kier alpha value is -1.10. The molecule has 0 bridgehead atoms. The lowest BCUT2D eigenvalue weighted by molar-refractivity contribution is -0.138. The number of carboxylic acid groups (broad SMARTS) is 1. The van der Waals surface area contributed by atoms with Crippen LogP contribution < -0.4 is 5.32 Å². The summed E-state index contributed by atoms with van der Waals surface area (Å²) in [5, 5.41) is 11.1. The first-order valence-corrected chi connectivity index (χ1v) is 5.24. The van der Waals surface area contributed by atoms with Crippen molar-refractivity contribution in [1.29, 1.82) is 0 Å². The lowest BCUT2D eigenvalue weighted by Gasteiger charge is -2.04. The monoisotopic (exact) mass is 215 g/mol. The molecule has 1 amide bonds. The van der Waals surface area contributed by atoms with Crippen LogP contribution in [0.15, 0.2) is 0 Å². The van der Waals surface area contributed by atoms with Gasteiger partial charge in [-0.1, -0.05) is 0 Å². The quantitative estimate of drug-likeness (QED) is 0.574. The number of hydrogen-bond donors (Lipinski definition) is 2. The molecule has 0 spiro atoms. The van der Waals surface area contributed by atoms with Gasteiger partial charge < -0.3 is 15.2 Å². The Morgan fingerprint density at radius 1 is 1.27 bits per heavy atom. The molecule has 15 heavy (non-hydrogen) atoms. The van der Waals surface area contributed by atoms with Crippen LogP contribution in [-0.2, 0) is 14.3 Å². The van der Waals surface area contributed by atoms with E-state index in [1.807, 2.05) is 0 Å². The first-order chi connectivity index (χ1) is 7.18. The third-order valence-electron chi connectivity index (χ3n) is 2.22. The summed E-state index contributed by atoms with van der Waals surface area (Å²) in [6.45, 7) is 1.24. The lowest BCUT2D eigenvalue weighted by Crippen LogP contribution is -2.26. The van der Waals surface area contributed by atoms with Gasteiger partial charge >= 0.3 is 5.97 Å². The van der Waals surface area contributed by atoms with Crippen LogP contribution in [-0.4, -0.2) is 36.7 Å². The van der Waals surface area contributed by atoms with Gasteiger partial charge in [-0.25, -0.2) is 0 Å². The molecule has 5 heteroatoms. The number of amides is 1. The normalized spacial score (nSPS) is 14.9. The van der Waals surface area contributed by atoms with Gasteiger partial charge in [-0.15, -0.1) is 0 Å². The summed E-state index contributed by atoms with van der Waals surface area (Å²) >= 11 is 0. The molecule has 86 valence electrons. The molecule has 0 atom stereocenters. The van der Waals surface area contributed by atoms with Gasteiger partial charge in [-0.3, -0.25) is 9.59 Å². The predicted molar refractivity (Wildman–Crippen MR) is 53.4 cm³/mol. The van der Waals surface area contributed by atoms with Crippen molar-refractivity contribution in [3.05, 3.63) is 0 Å². The smallest absolute Gasteiger partial charge is 0.305 e.